The lowest BCUT2D eigenvalue weighted by molar-refractivity contribution is -0.104. The summed E-state index contributed by atoms with van der Waals surface area (Å²) in [6.07, 6.45) is 2.50. The Labute approximate surface area is 90.2 Å². The van der Waals surface area contributed by atoms with Crippen LogP contribution < -0.4 is 0 Å². The summed E-state index contributed by atoms with van der Waals surface area (Å²) in [4.78, 5) is 12.9. The second kappa shape index (κ2) is 3.54. The number of allylic oxidation sites excluding steroid dienone is 1. The van der Waals surface area contributed by atoms with Crippen LogP contribution in [0.4, 0.5) is 0 Å². The number of nitrogens with zero attached hydrogens (tertiary/aromatic N) is 1. The Hall–Kier alpha value is -1.57. The topological polar surface area (TPSA) is 20.1 Å². The summed E-state index contributed by atoms with van der Waals surface area (Å²) < 4.78 is 0. The maximum atomic E-state index is 10.6. The highest BCUT2D eigenvalue weighted by atomic mass is 16.1. The molecule has 2 rings (SSSR count). The van der Waals surface area contributed by atoms with Crippen LogP contribution >= 0.6 is 0 Å². The second-order valence-corrected chi connectivity index (χ2v) is 4.45. The van der Waals surface area contributed by atoms with E-state index in [-0.39, 0.29) is 5.54 Å². The van der Waals surface area contributed by atoms with E-state index in [0.717, 1.165) is 24.1 Å². The van der Waals surface area contributed by atoms with Crippen molar-refractivity contribution in [3.63, 3.8) is 0 Å². The van der Waals surface area contributed by atoms with Gasteiger partial charge in [0.05, 0.1) is 5.54 Å². The lowest BCUT2D eigenvalue weighted by Crippen LogP contribution is -2.08. The molecule has 0 radical (unpaired) electrons. The molecule has 78 valence electrons. The van der Waals surface area contributed by atoms with Crippen molar-refractivity contribution in [2.45, 2.75) is 19.4 Å². The van der Waals surface area contributed by atoms with Crippen molar-refractivity contribution >= 4 is 12.0 Å². The van der Waals surface area contributed by atoms with Gasteiger partial charge in [0.15, 0.2) is 0 Å². The van der Waals surface area contributed by atoms with Crippen LogP contribution in [0, 0.1) is 0 Å². The first-order valence-corrected chi connectivity index (χ1v) is 5.14. The average molecular weight is 201 g/mol. The first kappa shape index (κ1) is 9.97. The highest BCUT2D eigenvalue weighted by Crippen LogP contribution is 2.39. The van der Waals surface area contributed by atoms with Crippen LogP contribution in [0.3, 0.4) is 0 Å². The minimum absolute atomic E-state index is 0.199. The fourth-order valence-corrected chi connectivity index (χ4v) is 1.78. The molecule has 2 nitrogen and oxygen atoms in total. The number of carbonyl (C=O) groups excluding carboxylic acids is 1. The number of aldehydes is 1. The van der Waals surface area contributed by atoms with Crippen LogP contribution in [-0.4, -0.2) is 23.3 Å². The first-order valence-electron chi connectivity index (χ1n) is 5.14. The summed E-state index contributed by atoms with van der Waals surface area (Å²) in [5, 5.41) is 0. The van der Waals surface area contributed by atoms with Gasteiger partial charge in [0.25, 0.3) is 0 Å². The maximum Gasteiger partial charge on any atom is 0.144 e. The van der Waals surface area contributed by atoms with E-state index in [4.69, 9.17) is 0 Å². The number of benzene rings is 1. The molecule has 1 aromatic rings. The number of carbonyl (C=O) groups is 1. The van der Waals surface area contributed by atoms with E-state index in [1.54, 1.807) is 6.08 Å². The number of rotatable bonds is 3. The van der Waals surface area contributed by atoms with E-state index in [9.17, 15) is 4.79 Å². The zero-order chi connectivity index (χ0) is 10.9. The molecule has 1 aliphatic rings. The normalized spacial score (nSPS) is 18.8. The van der Waals surface area contributed by atoms with Crippen molar-refractivity contribution in [2.75, 3.05) is 6.54 Å². The molecule has 0 unspecified atom stereocenters. The van der Waals surface area contributed by atoms with Crippen molar-refractivity contribution in [3.05, 3.63) is 42.0 Å². The molecule has 0 amide bonds. The van der Waals surface area contributed by atoms with Gasteiger partial charge in [-0.25, -0.2) is 0 Å². The fraction of sp³-hybridized carbons (Fsp3) is 0.308. The van der Waals surface area contributed by atoms with Crippen LogP contribution in [0.2, 0.25) is 0 Å². The SMILES string of the molecule is CC1(C)CN1/C(=C/C=O)c1ccccc1. The highest BCUT2D eigenvalue weighted by Gasteiger charge is 2.44. The smallest absolute Gasteiger partial charge is 0.144 e. The molecule has 0 aromatic heterocycles. The Balaban J connectivity index is 2.31. The molecule has 15 heavy (non-hydrogen) atoms. The Morgan fingerprint density at radius 1 is 1.33 bits per heavy atom. The van der Waals surface area contributed by atoms with Gasteiger partial charge < -0.3 is 4.90 Å². The Morgan fingerprint density at radius 2 is 1.93 bits per heavy atom. The predicted molar refractivity (Wildman–Crippen MR) is 61.3 cm³/mol. The third kappa shape index (κ3) is 1.94. The molecule has 1 heterocycles. The first-order chi connectivity index (χ1) is 7.15. The van der Waals surface area contributed by atoms with Gasteiger partial charge in [-0.15, -0.1) is 0 Å². The van der Waals surface area contributed by atoms with Gasteiger partial charge in [0.1, 0.15) is 6.29 Å². The van der Waals surface area contributed by atoms with Crippen molar-refractivity contribution in [1.82, 2.24) is 4.90 Å². The van der Waals surface area contributed by atoms with Gasteiger partial charge in [-0.1, -0.05) is 30.3 Å². The largest absolute Gasteiger partial charge is 0.362 e. The number of hydrogen-bond donors (Lipinski definition) is 0. The van der Waals surface area contributed by atoms with Gasteiger partial charge in [0.2, 0.25) is 0 Å². The van der Waals surface area contributed by atoms with Crippen molar-refractivity contribution in [1.29, 1.82) is 0 Å². The molecule has 1 aromatic carbocycles. The standard InChI is InChI=1S/C13H15NO/c1-13(2)10-14(13)12(8-9-15)11-6-4-3-5-7-11/h3-9H,10H2,1-2H3/b12-8+. The van der Waals surface area contributed by atoms with E-state index in [1.165, 1.54) is 0 Å². The lowest BCUT2D eigenvalue weighted by Gasteiger charge is -2.12. The molecule has 1 fully saturated rings. The van der Waals surface area contributed by atoms with Gasteiger partial charge in [-0.05, 0) is 19.4 Å². The molecule has 0 N–H and O–H groups in total. The third-order valence-electron chi connectivity index (χ3n) is 2.76. The van der Waals surface area contributed by atoms with Gasteiger partial charge in [-0.2, -0.15) is 0 Å². The molecule has 0 saturated carbocycles. The van der Waals surface area contributed by atoms with E-state index in [2.05, 4.69) is 18.7 Å². The molecule has 1 saturated heterocycles. The van der Waals surface area contributed by atoms with Crippen LogP contribution in [0.15, 0.2) is 36.4 Å². The summed E-state index contributed by atoms with van der Waals surface area (Å²) in [7, 11) is 0. The van der Waals surface area contributed by atoms with E-state index in [0.29, 0.717) is 0 Å². The van der Waals surface area contributed by atoms with Gasteiger partial charge >= 0.3 is 0 Å². The maximum absolute atomic E-state index is 10.6. The van der Waals surface area contributed by atoms with Crippen molar-refractivity contribution in [3.8, 4) is 0 Å². The monoisotopic (exact) mass is 201 g/mol. The fourth-order valence-electron chi connectivity index (χ4n) is 1.78. The quantitative estimate of drug-likeness (QED) is 0.425. The average Bonchev–Trinajstić information content (AvgIpc) is 2.85. The second-order valence-electron chi connectivity index (χ2n) is 4.45. The van der Waals surface area contributed by atoms with Crippen LogP contribution in [0.25, 0.3) is 5.70 Å². The minimum atomic E-state index is 0.199. The Bertz CT molecular complexity index is 392. The van der Waals surface area contributed by atoms with Crippen LogP contribution in [0.5, 0.6) is 0 Å². The molecule has 0 spiro atoms. The molecular formula is C13H15NO. The van der Waals surface area contributed by atoms with Gasteiger partial charge in [-0.3, -0.25) is 4.79 Å². The highest BCUT2D eigenvalue weighted by molar-refractivity contribution is 5.82. The Morgan fingerprint density at radius 3 is 2.40 bits per heavy atom. The molecular weight excluding hydrogens is 186 g/mol. The molecule has 0 aliphatic carbocycles. The lowest BCUT2D eigenvalue weighted by atomic mass is 10.1. The van der Waals surface area contributed by atoms with Crippen molar-refractivity contribution < 1.29 is 4.79 Å². The summed E-state index contributed by atoms with van der Waals surface area (Å²) in [6, 6.07) is 10.0. The zero-order valence-corrected chi connectivity index (χ0v) is 9.10. The van der Waals surface area contributed by atoms with Gasteiger partial charge in [0, 0.05) is 18.3 Å². The van der Waals surface area contributed by atoms with E-state index in [1.807, 2.05) is 30.3 Å². The summed E-state index contributed by atoms with van der Waals surface area (Å²) >= 11 is 0. The Kier molecular flexibility index (Phi) is 2.35. The van der Waals surface area contributed by atoms with Crippen LogP contribution in [-0.2, 0) is 4.79 Å². The minimum Gasteiger partial charge on any atom is -0.362 e. The summed E-state index contributed by atoms with van der Waals surface area (Å²) in [5.74, 6) is 0. The molecule has 1 aliphatic heterocycles. The van der Waals surface area contributed by atoms with E-state index < -0.39 is 0 Å². The van der Waals surface area contributed by atoms with E-state index >= 15 is 0 Å². The predicted octanol–water partition coefficient (Wildman–Crippen LogP) is 2.32. The summed E-state index contributed by atoms with van der Waals surface area (Å²) in [6.45, 7) is 5.37. The number of hydrogen-bond acceptors (Lipinski definition) is 2. The molecule has 0 atom stereocenters. The molecule has 0 bridgehead atoms. The van der Waals surface area contributed by atoms with Crippen LogP contribution in [0.1, 0.15) is 19.4 Å². The van der Waals surface area contributed by atoms with Crippen molar-refractivity contribution in [2.24, 2.45) is 0 Å². The zero-order valence-electron chi connectivity index (χ0n) is 9.10. The third-order valence-corrected chi connectivity index (χ3v) is 2.76. The molecule has 2 heteroatoms. The summed E-state index contributed by atoms with van der Waals surface area (Å²) in [5.41, 5.74) is 2.33.